The van der Waals surface area contributed by atoms with Gasteiger partial charge in [-0.3, -0.25) is 0 Å². The van der Waals surface area contributed by atoms with E-state index in [1.807, 2.05) is 0 Å². The highest BCUT2D eigenvalue weighted by Crippen LogP contribution is 2.32. The Bertz CT molecular complexity index is 343. The third-order valence-corrected chi connectivity index (χ3v) is 5.32. The molecule has 0 spiro atoms. The lowest BCUT2D eigenvalue weighted by Gasteiger charge is -2.31. The summed E-state index contributed by atoms with van der Waals surface area (Å²) < 4.78 is 36.4. The van der Waals surface area contributed by atoms with Crippen molar-refractivity contribution in [3.05, 3.63) is 0 Å². The van der Waals surface area contributed by atoms with E-state index in [1.54, 1.807) is 18.3 Å². The highest BCUT2D eigenvalue weighted by molar-refractivity contribution is 7.89. The molecular weight excluding hydrogens is 230 g/mol. The summed E-state index contributed by atoms with van der Waals surface area (Å²) in [6.45, 7) is 2.82. The van der Waals surface area contributed by atoms with Crippen LogP contribution in [0.2, 0.25) is 0 Å². The van der Waals surface area contributed by atoms with Crippen LogP contribution in [0.4, 0.5) is 0 Å². The minimum atomic E-state index is -3.14. The summed E-state index contributed by atoms with van der Waals surface area (Å²) in [7, 11) is -1.53. The summed E-state index contributed by atoms with van der Waals surface area (Å²) >= 11 is 0. The zero-order chi connectivity index (χ0) is 11.8. The van der Waals surface area contributed by atoms with E-state index >= 15 is 0 Å². The van der Waals surface area contributed by atoms with Gasteiger partial charge in [-0.15, -0.1) is 0 Å². The normalized spacial score (nSPS) is 36.2. The number of sulfonamides is 1. The maximum Gasteiger partial charge on any atom is 0.214 e. The fraction of sp³-hybridized carbons (Fsp3) is 1.00. The highest BCUT2D eigenvalue weighted by Gasteiger charge is 2.48. The van der Waals surface area contributed by atoms with Crippen LogP contribution in [-0.4, -0.2) is 57.0 Å². The Morgan fingerprint density at radius 1 is 1.50 bits per heavy atom. The smallest absolute Gasteiger partial charge is 0.214 e. The molecule has 0 radical (unpaired) electrons. The molecule has 0 aromatic rings. The van der Waals surface area contributed by atoms with Crippen molar-refractivity contribution >= 4 is 10.0 Å². The molecule has 3 atom stereocenters. The van der Waals surface area contributed by atoms with Crippen molar-refractivity contribution in [3.8, 4) is 0 Å². The van der Waals surface area contributed by atoms with Gasteiger partial charge in [0.05, 0.1) is 17.9 Å². The molecule has 0 aliphatic carbocycles. The first kappa shape index (κ1) is 12.3. The minimum absolute atomic E-state index is 0.0244. The van der Waals surface area contributed by atoms with Gasteiger partial charge < -0.3 is 9.47 Å². The van der Waals surface area contributed by atoms with E-state index in [2.05, 4.69) is 0 Å². The molecule has 0 N–H and O–H groups in total. The Hall–Kier alpha value is -0.170. The third kappa shape index (κ3) is 1.99. The summed E-state index contributed by atoms with van der Waals surface area (Å²) in [5.41, 5.74) is 0. The molecule has 0 saturated carbocycles. The molecule has 16 heavy (non-hydrogen) atoms. The largest absolute Gasteiger partial charge is 0.377 e. The van der Waals surface area contributed by atoms with Gasteiger partial charge in [-0.25, -0.2) is 8.42 Å². The molecule has 0 amide bonds. The second-order valence-electron chi connectivity index (χ2n) is 4.29. The van der Waals surface area contributed by atoms with Crippen molar-refractivity contribution in [2.75, 3.05) is 26.0 Å². The molecule has 6 heteroatoms. The van der Waals surface area contributed by atoms with Gasteiger partial charge in [0, 0.05) is 20.3 Å². The first-order valence-electron chi connectivity index (χ1n) is 5.74. The standard InChI is InChI=1S/C10H19NO4S/c1-3-16(12,13)11-7-9(14-2)10-8(11)5-4-6-15-10/h8-10H,3-7H2,1-2H3/t8-,9+,10+/m0/s1. The van der Waals surface area contributed by atoms with E-state index in [4.69, 9.17) is 9.47 Å². The molecule has 0 aromatic carbocycles. The summed E-state index contributed by atoms with van der Waals surface area (Å²) in [5.74, 6) is 0.145. The SMILES string of the molecule is CCS(=O)(=O)N1C[C@@H](OC)[C@@H]2OCCC[C@@H]21. The quantitative estimate of drug-likeness (QED) is 0.717. The molecule has 2 rings (SSSR count). The lowest BCUT2D eigenvalue weighted by Crippen LogP contribution is -2.44. The first-order valence-corrected chi connectivity index (χ1v) is 7.35. The van der Waals surface area contributed by atoms with Gasteiger partial charge in [-0.05, 0) is 19.8 Å². The van der Waals surface area contributed by atoms with Crippen LogP contribution in [0.15, 0.2) is 0 Å². The lowest BCUT2D eigenvalue weighted by molar-refractivity contribution is -0.0624. The van der Waals surface area contributed by atoms with Gasteiger partial charge in [-0.2, -0.15) is 4.31 Å². The fourth-order valence-electron chi connectivity index (χ4n) is 2.56. The van der Waals surface area contributed by atoms with Gasteiger partial charge in [0.2, 0.25) is 10.0 Å². The molecule has 0 aromatic heterocycles. The second kappa shape index (κ2) is 4.60. The lowest BCUT2D eigenvalue weighted by atomic mass is 10.0. The Kier molecular flexibility index (Phi) is 3.53. The summed E-state index contributed by atoms with van der Waals surface area (Å²) in [5, 5.41) is 0. The summed E-state index contributed by atoms with van der Waals surface area (Å²) in [6.07, 6.45) is 1.60. The van der Waals surface area contributed by atoms with Crippen molar-refractivity contribution in [2.24, 2.45) is 0 Å². The van der Waals surface area contributed by atoms with Crippen LogP contribution >= 0.6 is 0 Å². The molecule has 2 fully saturated rings. The number of nitrogens with zero attached hydrogens (tertiary/aromatic N) is 1. The Morgan fingerprint density at radius 3 is 2.88 bits per heavy atom. The molecule has 94 valence electrons. The number of ether oxygens (including phenoxy) is 2. The van der Waals surface area contributed by atoms with Gasteiger partial charge in [0.1, 0.15) is 6.10 Å². The van der Waals surface area contributed by atoms with Crippen LogP contribution in [0.5, 0.6) is 0 Å². The van der Waals surface area contributed by atoms with Crippen molar-refractivity contribution in [3.63, 3.8) is 0 Å². The Balaban J connectivity index is 2.22. The van der Waals surface area contributed by atoms with Gasteiger partial charge in [0.25, 0.3) is 0 Å². The van der Waals surface area contributed by atoms with Crippen LogP contribution in [0, 0.1) is 0 Å². The predicted molar refractivity (Wildman–Crippen MR) is 59.7 cm³/mol. The van der Waals surface area contributed by atoms with Crippen LogP contribution in [-0.2, 0) is 19.5 Å². The van der Waals surface area contributed by atoms with Crippen LogP contribution in [0.25, 0.3) is 0 Å². The van der Waals surface area contributed by atoms with E-state index in [9.17, 15) is 8.42 Å². The predicted octanol–water partition coefficient (Wildman–Crippen LogP) is 0.214. The molecule has 2 aliphatic heterocycles. The van der Waals surface area contributed by atoms with Crippen LogP contribution in [0.3, 0.4) is 0 Å². The maximum atomic E-state index is 11.9. The van der Waals surface area contributed by atoms with E-state index in [0.717, 1.165) is 12.8 Å². The number of hydrogen-bond acceptors (Lipinski definition) is 4. The topological polar surface area (TPSA) is 55.8 Å². The summed E-state index contributed by atoms with van der Waals surface area (Å²) in [4.78, 5) is 0. The number of hydrogen-bond donors (Lipinski definition) is 0. The first-order chi connectivity index (χ1) is 7.60. The third-order valence-electron chi connectivity index (χ3n) is 3.45. The fourth-order valence-corrected chi connectivity index (χ4v) is 3.90. The monoisotopic (exact) mass is 249 g/mol. The van der Waals surface area contributed by atoms with Gasteiger partial charge in [-0.1, -0.05) is 0 Å². The maximum absolute atomic E-state index is 11.9. The molecule has 2 aliphatic rings. The molecule has 2 saturated heterocycles. The zero-order valence-electron chi connectivity index (χ0n) is 9.76. The summed E-state index contributed by atoms with van der Waals surface area (Å²) in [6, 6.07) is -0.0244. The molecule has 5 nitrogen and oxygen atoms in total. The van der Waals surface area contributed by atoms with Gasteiger partial charge >= 0.3 is 0 Å². The molecule has 0 unspecified atom stereocenters. The minimum Gasteiger partial charge on any atom is -0.377 e. The number of methoxy groups -OCH3 is 1. The average molecular weight is 249 g/mol. The van der Waals surface area contributed by atoms with E-state index in [0.29, 0.717) is 13.2 Å². The Labute approximate surface area is 96.8 Å². The molecule has 2 heterocycles. The number of fused-ring (bicyclic) bond motifs is 1. The van der Waals surface area contributed by atoms with Crippen molar-refractivity contribution in [2.45, 2.75) is 38.0 Å². The van der Waals surface area contributed by atoms with Crippen molar-refractivity contribution in [1.82, 2.24) is 4.31 Å². The average Bonchev–Trinajstić information content (AvgIpc) is 2.68. The van der Waals surface area contributed by atoms with E-state index in [1.165, 1.54) is 0 Å². The van der Waals surface area contributed by atoms with Crippen molar-refractivity contribution in [1.29, 1.82) is 0 Å². The Morgan fingerprint density at radius 2 is 2.25 bits per heavy atom. The number of rotatable bonds is 3. The van der Waals surface area contributed by atoms with E-state index in [-0.39, 0.29) is 24.0 Å². The second-order valence-corrected chi connectivity index (χ2v) is 6.50. The van der Waals surface area contributed by atoms with Crippen LogP contribution in [0.1, 0.15) is 19.8 Å². The molecule has 0 bridgehead atoms. The highest BCUT2D eigenvalue weighted by atomic mass is 32.2. The van der Waals surface area contributed by atoms with Gasteiger partial charge in [0.15, 0.2) is 0 Å². The van der Waals surface area contributed by atoms with E-state index < -0.39 is 10.0 Å². The zero-order valence-corrected chi connectivity index (χ0v) is 10.6. The molecular formula is C10H19NO4S. The van der Waals surface area contributed by atoms with Crippen LogP contribution < -0.4 is 0 Å². The van der Waals surface area contributed by atoms with Crippen molar-refractivity contribution < 1.29 is 17.9 Å².